The van der Waals surface area contributed by atoms with Crippen LogP contribution in [0.1, 0.15) is 33.4 Å². The highest BCUT2D eigenvalue weighted by Gasteiger charge is 2.25. The number of nitrogens with zero attached hydrogens (tertiary/aromatic N) is 4. The van der Waals surface area contributed by atoms with Crippen molar-refractivity contribution in [3.8, 4) is 84.4 Å². The summed E-state index contributed by atoms with van der Waals surface area (Å²) in [6.07, 6.45) is 1.89. The fourth-order valence-electron chi connectivity index (χ4n) is 10.7. The second-order valence-corrected chi connectivity index (χ2v) is 17.6. The Morgan fingerprint density at radius 2 is 0.785 bits per heavy atom. The summed E-state index contributed by atoms with van der Waals surface area (Å²) in [6, 6.07) is 70.6. The highest BCUT2D eigenvalue weighted by molar-refractivity contribution is 6.12. The number of aryl methyl sites for hydroxylation is 2. The second kappa shape index (κ2) is 14.7. The van der Waals surface area contributed by atoms with Crippen LogP contribution < -0.4 is 0 Å². The zero-order valence-electron chi connectivity index (χ0n) is 36.2. The van der Waals surface area contributed by atoms with Crippen LogP contribution >= 0.6 is 0 Å². The predicted molar refractivity (Wildman–Crippen MR) is 267 cm³/mol. The molecule has 0 aliphatic heterocycles. The summed E-state index contributed by atoms with van der Waals surface area (Å²) in [6.45, 7) is 4.39. The third-order valence-electron chi connectivity index (χ3n) is 13.8. The lowest BCUT2D eigenvalue weighted by molar-refractivity contribution is 1.07. The van der Waals surface area contributed by atoms with Crippen LogP contribution in [-0.2, 0) is 12.8 Å². The summed E-state index contributed by atoms with van der Waals surface area (Å²) in [7, 11) is 0. The maximum absolute atomic E-state index is 5.12. The van der Waals surface area contributed by atoms with Crippen LogP contribution in [-0.4, -0.2) is 19.5 Å². The maximum atomic E-state index is 5.12. The van der Waals surface area contributed by atoms with Crippen LogP contribution in [0.25, 0.3) is 106 Å². The first kappa shape index (κ1) is 37.4. The number of hydrogen-bond acceptors (Lipinski definition) is 3. The molecule has 0 fully saturated rings. The van der Waals surface area contributed by atoms with E-state index in [-0.39, 0.29) is 0 Å². The number of rotatable bonds is 6. The minimum Gasteiger partial charge on any atom is -0.309 e. The summed E-state index contributed by atoms with van der Waals surface area (Å²) in [4.78, 5) is 15.2. The van der Waals surface area contributed by atoms with E-state index in [9.17, 15) is 0 Å². The number of benzene rings is 9. The molecule has 2 heterocycles. The molecule has 65 heavy (non-hydrogen) atoms. The minimum atomic E-state index is 0.658. The van der Waals surface area contributed by atoms with E-state index in [0.717, 1.165) is 46.3 Å². The molecule has 0 amide bonds. The van der Waals surface area contributed by atoms with E-state index < -0.39 is 0 Å². The van der Waals surface area contributed by atoms with Crippen molar-refractivity contribution in [3.05, 3.63) is 228 Å². The smallest absolute Gasteiger partial charge is 0.164 e. The third kappa shape index (κ3) is 6.02. The fourth-order valence-corrected chi connectivity index (χ4v) is 10.7. The molecular formula is C61H42N4. The number of fused-ring (bicyclic) bond motifs is 9. The Morgan fingerprint density at radius 3 is 1.31 bits per heavy atom. The molecule has 306 valence electrons. The minimum absolute atomic E-state index is 0.658. The van der Waals surface area contributed by atoms with Gasteiger partial charge in [0.2, 0.25) is 0 Å². The van der Waals surface area contributed by atoms with E-state index in [1.807, 2.05) is 36.4 Å². The van der Waals surface area contributed by atoms with Gasteiger partial charge in [0.15, 0.2) is 17.5 Å². The summed E-state index contributed by atoms with van der Waals surface area (Å²) in [5, 5.41) is 2.48. The highest BCUT2D eigenvalue weighted by Crippen LogP contribution is 2.46. The van der Waals surface area contributed by atoms with Gasteiger partial charge in [-0.15, -0.1) is 0 Å². The first-order valence-electron chi connectivity index (χ1n) is 22.5. The second-order valence-electron chi connectivity index (χ2n) is 17.6. The van der Waals surface area contributed by atoms with Gasteiger partial charge < -0.3 is 4.57 Å². The molecule has 4 heteroatoms. The quantitative estimate of drug-likeness (QED) is 0.168. The monoisotopic (exact) mass is 830 g/mol. The Labute approximate surface area is 378 Å². The summed E-state index contributed by atoms with van der Waals surface area (Å²) in [5.74, 6) is 1.98. The van der Waals surface area contributed by atoms with Gasteiger partial charge in [0.25, 0.3) is 0 Å². The molecule has 13 rings (SSSR count). The van der Waals surface area contributed by atoms with Gasteiger partial charge in [-0.2, -0.15) is 0 Å². The standard InChI is InChI=1S/C61H42N4/c1-37-32-58(38(2)31-51(37)61-63-59(39-15-5-3-6-16-39)62-60(64-61)40-17-7-4-8-18-40)65-56-29-27-43(47-23-13-25-49-45-21-11-9-19-41(45)33-52(47)49)35-54(56)55-36-44(28-30-57(55)65)48-24-14-26-50-46-22-12-10-20-42(46)34-53(48)50/h3-32,35-36H,33-34H2,1-2H3. The van der Waals surface area contributed by atoms with Gasteiger partial charge in [0, 0.05) is 33.2 Å². The molecular weight excluding hydrogens is 789 g/mol. The maximum Gasteiger partial charge on any atom is 0.164 e. The molecule has 0 spiro atoms. The van der Waals surface area contributed by atoms with Crippen LogP contribution in [0.2, 0.25) is 0 Å². The van der Waals surface area contributed by atoms with E-state index in [1.54, 1.807) is 0 Å². The van der Waals surface area contributed by atoms with Crippen molar-refractivity contribution >= 4 is 21.8 Å². The SMILES string of the molecule is Cc1cc(-n2c3ccc(-c4cccc5c4Cc4ccccc4-5)cc3c3cc(-c4cccc5c4Cc4ccccc4-5)ccc32)c(C)cc1-c1nc(-c2ccccc2)nc(-c2ccccc2)n1. The van der Waals surface area contributed by atoms with Gasteiger partial charge in [0.1, 0.15) is 0 Å². The topological polar surface area (TPSA) is 43.6 Å². The lowest BCUT2D eigenvalue weighted by Gasteiger charge is -2.16. The van der Waals surface area contributed by atoms with Crippen molar-refractivity contribution in [1.82, 2.24) is 19.5 Å². The van der Waals surface area contributed by atoms with Crippen molar-refractivity contribution < 1.29 is 0 Å². The van der Waals surface area contributed by atoms with E-state index in [1.165, 1.54) is 88.6 Å². The average Bonchev–Trinajstić information content (AvgIpc) is 4.04. The Hall–Kier alpha value is -8.21. The van der Waals surface area contributed by atoms with E-state index in [2.05, 4.69) is 176 Å². The van der Waals surface area contributed by atoms with Crippen LogP contribution in [0, 0.1) is 13.8 Å². The van der Waals surface area contributed by atoms with Crippen molar-refractivity contribution in [3.63, 3.8) is 0 Å². The molecule has 0 atom stereocenters. The Morgan fingerprint density at radius 1 is 0.338 bits per heavy atom. The molecule has 0 N–H and O–H groups in total. The van der Waals surface area contributed by atoms with Crippen molar-refractivity contribution in [2.75, 3.05) is 0 Å². The molecule has 0 saturated carbocycles. The molecule has 0 unspecified atom stereocenters. The van der Waals surface area contributed by atoms with Crippen molar-refractivity contribution in [1.29, 1.82) is 0 Å². The lowest BCUT2D eigenvalue weighted by Crippen LogP contribution is -2.03. The van der Waals surface area contributed by atoms with Crippen LogP contribution in [0.3, 0.4) is 0 Å². The largest absolute Gasteiger partial charge is 0.309 e. The van der Waals surface area contributed by atoms with Crippen LogP contribution in [0.5, 0.6) is 0 Å². The van der Waals surface area contributed by atoms with E-state index in [4.69, 9.17) is 15.0 Å². The first-order valence-corrected chi connectivity index (χ1v) is 22.5. The Bertz CT molecular complexity index is 3520. The molecule has 2 aliphatic rings. The molecule has 9 aromatic carbocycles. The van der Waals surface area contributed by atoms with E-state index in [0.29, 0.717) is 17.5 Å². The zero-order chi connectivity index (χ0) is 43.2. The van der Waals surface area contributed by atoms with Gasteiger partial charge in [-0.05, 0) is 141 Å². The van der Waals surface area contributed by atoms with Gasteiger partial charge in [-0.25, -0.2) is 15.0 Å². The van der Waals surface area contributed by atoms with Gasteiger partial charge >= 0.3 is 0 Å². The lowest BCUT2D eigenvalue weighted by atomic mass is 9.93. The first-order chi connectivity index (χ1) is 32.0. The summed E-state index contributed by atoms with van der Waals surface area (Å²) in [5.41, 5.74) is 24.7. The molecule has 2 aromatic heterocycles. The summed E-state index contributed by atoms with van der Waals surface area (Å²) >= 11 is 0. The molecule has 11 aromatic rings. The number of aromatic nitrogens is 4. The Kier molecular flexibility index (Phi) is 8.44. The van der Waals surface area contributed by atoms with E-state index >= 15 is 0 Å². The van der Waals surface area contributed by atoms with Gasteiger partial charge in [-0.3, -0.25) is 0 Å². The summed E-state index contributed by atoms with van der Waals surface area (Å²) < 4.78 is 2.47. The molecule has 0 radical (unpaired) electrons. The van der Waals surface area contributed by atoms with Gasteiger partial charge in [0.05, 0.1) is 11.0 Å². The normalized spacial score (nSPS) is 12.3. The molecule has 4 nitrogen and oxygen atoms in total. The van der Waals surface area contributed by atoms with Gasteiger partial charge in [-0.1, -0.05) is 158 Å². The Balaban J connectivity index is 0.998. The fraction of sp³-hybridized carbons (Fsp3) is 0.0656. The van der Waals surface area contributed by atoms with Crippen LogP contribution in [0.4, 0.5) is 0 Å². The molecule has 0 saturated heterocycles. The zero-order valence-corrected chi connectivity index (χ0v) is 36.2. The van der Waals surface area contributed by atoms with Crippen LogP contribution in [0.15, 0.2) is 194 Å². The third-order valence-corrected chi connectivity index (χ3v) is 13.8. The molecule has 0 bridgehead atoms. The van der Waals surface area contributed by atoms with Crippen molar-refractivity contribution in [2.24, 2.45) is 0 Å². The molecule has 2 aliphatic carbocycles. The van der Waals surface area contributed by atoms with Crippen molar-refractivity contribution in [2.45, 2.75) is 26.7 Å². The highest BCUT2D eigenvalue weighted by atomic mass is 15.0. The average molecular weight is 831 g/mol. The predicted octanol–water partition coefficient (Wildman–Crippen LogP) is 15.1. The number of hydrogen-bond donors (Lipinski definition) is 0.